The van der Waals surface area contributed by atoms with Crippen molar-refractivity contribution in [2.24, 2.45) is 5.10 Å². The largest absolute Gasteiger partial charge is 0.497 e. The van der Waals surface area contributed by atoms with Crippen molar-refractivity contribution in [2.45, 2.75) is 26.3 Å². The van der Waals surface area contributed by atoms with Crippen molar-refractivity contribution >= 4 is 29.6 Å². The van der Waals surface area contributed by atoms with Crippen molar-refractivity contribution in [3.05, 3.63) is 54.1 Å². The molecular formula is C22H26N4O5. The third-order valence-corrected chi connectivity index (χ3v) is 4.16. The van der Waals surface area contributed by atoms with E-state index in [4.69, 9.17) is 9.47 Å². The summed E-state index contributed by atoms with van der Waals surface area (Å²) in [5.74, 6) is -0.837. The average molecular weight is 426 g/mol. The maximum absolute atomic E-state index is 12.1. The molecule has 2 aromatic carbocycles. The van der Waals surface area contributed by atoms with Crippen molar-refractivity contribution in [3.63, 3.8) is 0 Å². The van der Waals surface area contributed by atoms with Crippen LogP contribution in [-0.2, 0) is 14.4 Å². The number of rotatable bonds is 9. The lowest BCUT2D eigenvalue weighted by molar-refractivity contribution is -0.139. The molecule has 2 rings (SSSR count). The van der Waals surface area contributed by atoms with Crippen molar-refractivity contribution in [1.82, 2.24) is 10.7 Å². The molecule has 0 aliphatic carbocycles. The molecule has 0 unspecified atom stereocenters. The van der Waals surface area contributed by atoms with Crippen LogP contribution < -0.4 is 25.5 Å². The summed E-state index contributed by atoms with van der Waals surface area (Å²) < 4.78 is 10.6. The van der Waals surface area contributed by atoms with Crippen molar-refractivity contribution in [3.8, 4) is 11.5 Å². The van der Waals surface area contributed by atoms with Gasteiger partial charge in [0.25, 0.3) is 5.91 Å². The van der Waals surface area contributed by atoms with Crippen molar-refractivity contribution in [2.75, 3.05) is 19.0 Å². The Morgan fingerprint density at radius 3 is 2.55 bits per heavy atom. The molecule has 0 aliphatic heterocycles. The fraction of sp³-hybridized carbons (Fsp3) is 0.273. The third-order valence-electron chi connectivity index (χ3n) is 4.16. The first-order chi connectivity index (χ1) is 14.9. The van der Waals surface area contributed by atoms with Gasteiger partial charge in [0.15, 0.2) is 6.61 Å². The molecule has 0 bridgehead atoms. The number of hydrogen-bond donors (Lipinski definition) is 3. The van der Waals surface area contributed by atoms with Crippen LogP contribution in [0.4, 0.5) is 5.69 Å². The van der Waals surface area contributed by atoms with E-state index in [1.54, 1.807) is 62.6 Å². The van der Waals surface area contributed by atoms with Crippen LogP contribution in [0.3, 0.4) is 0 Å². The minimum atomic E-state index is -0.849. The van der Waals surface area contributed by atoms with E-state index < -0.39 is 11.8 Å². The van der Waals surface area contributed by atoms with Gasteiger partial charge in [-0.05, 0) is 43.2 Å². The molecule has 2 aromatic rings. The molecule has 0 aliphatic rings. The van der Waals surface area contributed by atoms with E-state index >= 15 is 0 Å². The van der Waals surface area contributed by atoms with Gasteiger partial charge in [-0.3, -0.25) is 14.4 Å². The number of hydrazone groups is 1. The summed E-state index contributed by atoms with van der Waals surface area (Å²) in [5, 5.41) is 9.04. The van der Waals surface area contributed by atoms with Crippen LogP contribution in [0, 0.1) is 0 Å². The molecule has 0 saturated heterocycles. The highest BCUT2D eigenvalue weighted by atomic mass is 16.5. The molecule has 0 saturated carbocycles. The predicted molar refractivity (Wildman–Crippen MR) is 117 cm³/mol. The summed E-state index contributed by atoms with van der Waals surface area (Å²) >= 11 is 0. The van der Waals surface area contributed by atoms with E-state index in [9.17, 15) is 14.4 Å². The van der Waals surface area contributed by atoms with Gasteiger partial charge >= 0.3 is 11.8 Å². The van der Waals surface area contributed by atoms with Gasteiger partial charge in [0.05, 0.1) is 13.3 Å². The molecule has 164 valence electrons. The van der Waals surface area contributed by atoms with Gasteiger partial charge in [-0.2, -0.15) is 5.10 Å². The minimum Gasteiger partial charge on any atom is -0.497 e. The summed E-state index contributed by atoms with van der Waals surface area (Å²) in [6.45, 7) is 3.51. The van der Waals surface area contributed by atoms with Gasteiger partial charge in [-0.15, -0.1) is 0 Å². The van der Waals surface area contributed by atoms with E-state index in [2.05, 4.69) is 21.2 Å². The van der Waals surface area contributed by atoms with Gasteiger partial charge in [0, 0.05) is 17.8 Å². The van der Waals surface area contributed by atoms with E-state index in [0.29, 0.717) is 29.2 Å². The van der Waals surface area contributed by atoms with Gasteiger partial charge in [-0.25, -0.2) is 5.43 Å². The molecule has 9 nitrogen and oxygen atoms in total. The summed E-state index contributed by atoms with van der Waals surface area (Å²) in [4.78, 5) is 35.5. The topological polar surface area (TPSA) is 118 Å². The lowest BCUT2D eigenvalue weighted by atomic mass is 10.2. The number of methoxy groups -OCH3 is 1. The third kappa shape index (κ3) is 8.17. The Morgan fingerprint density at radius 1 is 1.06 bits per heavy atom. The van der Waals surface area contributed by atoms with Gasteiger partial charge in [0.1, 0.15) is 11.5 Å². The molecule has 0 fully saturated rings. The molecule has 3 N–H and O–H groups in total. The smallest absolute Gasteiger partial charge is 0.329 e. The molecule has 0 heterocycles. The Kier molecular flexibility index (Phi) is 9.03. The minimum absolute atomic E-state index is 0.0998. The fourth-order valence-corrected chi connectivity index (χ4v) is 2.34. The number of anilines is 1. The van der Waals surface area contributed by atoms with Gasteiger partial charge < -0.3 is 20.1 Å². The number of hydrogen-bond acceptors (Lipinski definition) is 6. The monoisotopic (exact) mass is 426 g/mol. The maximum Gasteiger partial charge on any atom is 0.329 e. The molecule has 3 amide bonds. The number of carbonyl (C=O) groups excluding carboxylic acids is 3. The Labute approximate surface area is 180 Å². The number of carbonyl (C=O) groups is 3. The second kappa shape index (κ2) is 12.0. The Balaban J connectivity index is 1.84. The standard InChI is InChI=1S/C22H26N4O5/c1-4-15(2)24-21(28)22(29)26-23-13-16-7-5-10-19(11-16)31-14-20(27)25-17-8-6-9-18(12-17)30-3/h5-13,15H,4,14H2,1-3H3,(H,24,28)(H,25,27)(H,26,29)/b23-13-/t15-/m0/s1. The molecule has 9 heteroatoms. The van der Waals surface area contributed by atoms with Crippen LogP contribution in [0.25, 0.3) is 0 Å². The molecular weight excluding hydrogens is 400 g/mol. The molecule has 0 aromatic heterocycles. The zero-order valence-electron chi connectivity index (χ0n) is 17.7. The summed E-state index contributed by atoms with van der Waals surface area (Å²) in [5.41, 5.74) is 3.39. The van der Waals surface area contributed by atoms with Crippen LogP contribution in [-0.4, -0.2) is 43.7 Å². The first-order valence-corrected chi connectivity index (χ1v) is 9.72. The highest BCUT2D eigenvalue weighted by Crippen LogP contribution is 2.17. The molecule has 0 spiro atoms. The lowest BCUT2D eigenvalue weighted by Crippen LogP contribution is -2.41. The van der Waals surface area contributed by atoms with Crippen molar-refractivity contribution < 1.29 is 23.9 Å². The summed E-state index contributed by atoms with van der Waals surface area (Å²) in [6.07, 6.45) is 2.09. The zero-order valence-corrected chi connectivity index (χ0v) is 17.7. The highest BCUT2D eigenvalue weighted by Gasteiger charge is 2.14. The highest BCUT2D eigenvalue weighted by molar-refractivity contribution is 6.35. The van der Waals surface area contributed by atoms with Crippen LogP contribution in [0.1, 0.15) is 25.8 Å². The SMILES string of the molecule is CC[C@H](C)NC(=O)C(=O)N/N=C\c1cccc(OCC(=O)Nc2cccc(OC)c2)c1. The number of nitrogens with one attached hydrogen (secondary N) is 3. The Hall–Kier alpha value is -3.88. The predicted octanol–water partition coefficient (Wildman–Crippen LogP) is 2.08. The Morgan fingerprint density at radius 2 is 1.81 bits per heavy atom. The number of amides is 3. The van der Waals surface area contributed by atoms with Crippen LogP contribution in [0.2, 0.25) is 0 Å². The van der Waals surface area contributed by atoms with Crippen LogP contribution >= 0.6 is 0 Å². The van der Waals surface area contributed by atoms with Crippen LogP contribution in [0.5, 0.6) is 11.5 Å². The second-order valence-electron chi connectivity index (χ2n) is 6.62. The fourth-order valence-electron chi connectivity index (χ4n) is 2.34. The lowest BCUT2D eigenvalue weighted by Gasteiger charge is -2.09. The first-order valence-electron chi connectivity index (χ1n) is 9.72. The van der Waals surface area contributed by atoms with E-state index in [1.807, 2.05) is 6.92 Å². The summed E-state index contributed by atoms with van der Waals surface area (Å²) in [7, 11) is 1.55. The molecule has 1 atom stereocenters. The average Bonchev–Trinajstić information content (AvgIpc) is 2.77. The number of benzene rings is 2. The number of ether oxygens (including phenoxy) is 2. The van der Waals surface area contributed by atoms with Crippen LogP contribution in [0.15, 0.2) is 53.6 Å². The number of nitrogens with zero attached hydrogens (tertiary/aromatic N) is 1. The summed E-state index contributed by atoms with van der Waals surface area (Å²) in [6, 6.07) is 13.7. The van der Waals surface area contributed by atoms with E-state index in [0.717, 1.165) is 0 Å². The molecule has 0 radical (unpaired) electrons. The van der Waals surface area contributed by atoms with E-state index in [1.165, 1.54) is 6.21 Å². The maximum atomic E-state index is 12.1. The molecule has 31 heavy (non-hydrogen) atoms. The van der Waals surface area contributed by atoms with E-state index in [-0.39, 0.29) is 18.6 Å². The van der Waals surface area contributed by atoms with Gasteiger partial charge in [0.2, 0.25) is 0 Å². The normalized spacial score (nSPS) is 11.5. The zero-order chi connectivity index (χ0) is 22.6. The van der Waals surface area contributed by atoms with Gasteiger partial charge in [-0.1, -0.05) is 25.1 Å². The first kappa shape index (κ1) is 23.4. The van der Waals surface area contributed by atoms with Crippen molar-refractivity contribution in [1.29, 1.82) is 0 Å². The Bertz CT molecular complexity index is 945. The quantitative estimate of drug-likeness (QED) is 0.322. The second-order valence-corrected chi connectivity index (χ2v) is 6.62.